The van der Waals surface area contributed by atoms with E-state index in [4.69, 9.17) is 4.74 Å². The molecule has 0 bridgehead atoms. The Kier molecular flexibility index (Phi) is 6.41. The highest BCUT2D eigenvalue weighted by Gasteiger charge is 2.14. The van der Waals surface area contributed by atoms with Gasteiger partial charge in [-0.3, -0.25) is 4.79 Å². The van der Waals surface area contributed by atoms with Crippen LogP contribution in [0.4, 0.5) is 0 Å². The number of carbonyl (C=O) groups excluding carboxylic acids is 1. The molecule has 3 nitrogen and oxygen atoms in total. The Balaban J connectivity index is 1.66. The van der Waals surface area contributed by atoms with Crippen LogP contribution in [0, 0.1) is 5.92 Å². The third kappa shape index (κ3) is 4.36. The van der Waals surface area contributed by atoms with Crippen molar-refractivity contribution < 1.29 is 9.53 Å². The van der Waals surface area contributed by atoms with Gasteiger partial charge in [0.1, 0.15) is 5.75 Å². The lowest BCUT2D eigenvalue weighted by Crippen LogP contribution is -2.11. The molecule has 0 saturated heterocycles. The van der Waals surface area contributed by atoms with Crippen molar-refractivity contribution >= 4 is 27.6 Å². The third-order valence-electron chi connectivity index (χ3n) is 6.20. The molecule has 3 heteroatoms. The number of hydrogen-bond donors (Lipinski definition) is 0. The van der Waals surface area contributed by atoms with E-state index < -0.39 is 0 Å². The summed E-state index contributed by atoms with van der Waals surface area (Å²) in [4.78, 5) is 11.9. The molecule has 3 aromatic carbocycles. The molecule has 0 amide bonds. The zero-order valence-electron chi connectivity index (χ0n) is 18.7. The minimum atomic E-state index is 0.0875. The Bertz CT molecular complexity index is 1190. The Hall–Kier alpha value is -3.07. The van der Waals surface area contributed by atoms with Crippen LogP contribution in [0.3, 0.4) is 0 Å². The first kappa shape index (κ1) is 21.2. The highest BCUT2D eigenvalue weighted by molar-refractivity contribution is 6.11. The van der Waals surface area contributed by atoms with Gasteiger partial charge >= 0.3 is 0 Å². The Morgan fingerprint density at radius 3 is 2.39 bits per heavy atom. The number of aromatic nitrogens is 1. The van der Waals surface area contributed by atoms with Gasteiger partial charge in [0.15, 0.2) is 5.78 Å². The Labute approximate surface area is 184 Å². The van der Waals surface area contributed by atoms with E-state index in [1.165, 1.54) is 19.3 Å². The molecule has 0 radical (unpaired) electrons. The second kappa shape index (κ2) is 9.38. The predicted octanol–water partition coefficient (Wildman–Crippen LogP) is 7.58. The van der Waals surface area contributed by atoms with Gasteiger partial charge in [-0.05, 0) is 67.8 Å². The van der Waals surface area contributed by atoms with E-state index >= 15 is 0 Å². The van der Waals surface area contributed by atoms with Crippen LogP contribution < -0.4 is 4.74 Å². The van der Waals surface area contributed by atoms with Crippen LogP contribution >= 0.6 is 0 Å². The summed E-state index contributed by atoms with van der Waals surface area (Å²) >= 11 is 0. The van der Waals surface area contributed by atoms with Crippen LogP contribution in [0.1, 0.15) is 56.8 Å². The van der Waals surface area contributed by atoms with Crippen molar-refractivity contribution in [2.45, 2.75) is 46.5 Å². The molecule has 31 heavy (non-hydrogen) atoms. The van der Waals surface area contributed by atoms with Gasteiger partial charge in [0, 0.05) is 22.0 Å². The number of ether oxygens (including phenoxy) is 1. The standard InChI is InChI=1S/C28H31NO2/c1-4-6-9-21(5-2)19-31-24-15-13-23(14-16-24)29-27-11-8-7-10-25(27)26-18-22(20(3)30)12-17-28(26)29/h7-8,10-18,21H,4-6,9,19H2,1-3H3. The molecule has 0 aliphatic heterocycles. The molecule has 0 fully saturated rings. The molecular weight excluding hydrogens is 382 g/mol. The molecule has 0 aliphatic rings. The van der Waals surface area contributed by atoms with E-state index in [0.717, 1.165) is 51.8 Å². The summed E-state index contributed by atoms with van der Waals surface area (Å²) in [5, 5.41) is 2.26. The van der Waals surface area contributed by atoms with Gasteiger partial charge in [0.05, 0.1) is 17.6 Å². The molecule has 1 aromatic heterocycles. The molecule has 1 unspecified atom stereocenters. The van der Waals surface area contributed by atoms with E-state index in [0.29, 0.717) is 5.92 Å². The number of para-hydroxylation sites is 1. The van der Waals surface area contributed by atoms with Crippen LogP contribution in [0.2, 0.25) is 0 Å². The van der Waals surface area contributed by atoms with Gasteiger partial charge in [0.2, 0.25) is 0 Å². The molecule has 4 aromatic rings. The van der Waals surface area contributed by atoms with Crippen LogP contribution in [-0.4, -0.2) is 17.0 Å². The predicted molar refractivity (Wildman–Crippen MR) is 130 cm³/mol. The second-order valence-corrected chi connectivity index (χ2v) is 8.36. The fourth-order valence-corrected chi connectivity index (χ4v) is 4.27. The Morgan fingerprint density at radius 2 is 1.68 bits per heavy atom. The number of benzene rings is 3. The van der Waals surface area contributed by atoms with Crippen molar-refractivity contribution in [3.05, 3.63) is 72.3 Å². The van der Waals surface area contributed by atoms with E-state index in [9.17, 15) is 4.79 Å². The monoisotopic (exact) mass is 413 g/mol. The summed E-state index contributed by atoms with van der Waals surface area (Å²) in [6.45, 7) is 6.87. The van der Waals surface area contributed by atoms with E-state index in [-0.39, 0.29) is 5.78 Å². The minimum Gasteiger partial charge on any atom is -0.493 e. The molecule has 0 saturated carbocycles. The maximum atomic E-state index is 11.9. The maximum Gasteiger partial charge on any atom is 0.159 e. The topological polar surface area (TPSA) is 31.2 Å². The summed E-state index contributed by atoms with van der Waals surface area (Å²) in [5.41, 5.74) is 4.07. The van der Waals surface area contributed by atoms with Crippen molar-refractivity contribution in [3.63, 3.8) is 0 Å². The van der Waals surface area contributed by atoms with Crippen molar-refractivity contribution in [1.29, 1.82) is 0 Å². The number of nitrogens with zero attached hydrogens (tertiary/aromatic N) is 1. The molecule has 0 N–H and O–H groups in total. The average molecular weight is 414 g/mol. The molecule has 1 atom stereocenters. The molecule has 0 spiro atoms. The maximum absolute atomic E-state index is 11.9. The lowest BCUT2D eigenvalue weighted by atomic mass is 10.0. The number of ketones is 1. The van der Waals surface area contributed by atoms with Crippen molar-refractivity contribution in [2.75, 3.05) is 6.61 Å². The van der Waals surface area contributed by atoms with Crippen LogP contribution in [0.5, 0.6) is 5.75 Å². The molecule has 160 valence electrons. The van der Waals surface area contributed by atoms with Gasteiger partial charge in [0.25, 0.3) is 0 Å². The van der Waals surface area contributed by atoms with Gasteiger partial charge in [-0.15, -0.1) is 0 Å². The first-order chi connectivity index (χ1) is 15.1. The lowest BCUT2D eigenvalue weighted by molar-refractivity contribution is 0.101. The first-order valence-corrected chi connectivity index (χ1v) is 11.4. The average Bonchev–Trinajstić information content (AvgIpc) is 3.13. The van der Waals surface area contributed by atoms with Crippen molar-refractivity contribution in [2.24, 2.45) is 5.92 Å². The number of fused-ring (bicyclic) bond motifs is 3. The zero-order valence-corrected chi connectivity index (χ0v) is 18.7. The Morgan fingerprint density at radius 1 is 0.935 bits per heavy atom. The third-order valence-corrected chi connectivity index (χ3v) is 6.20. The quantitative estimate of drug-likeness (QED) is 0.265. The number of Topliss-reactive ketones (excluding diaryl/α,β-unsaturated/α-hetero) is 1. The van der Waals surface area contributed by atoms with Gasteiger partial charge in [-0.2, -0.15) is 0 Å². The number of hydrogen-bond acceptors (Lipinski definition) is 2. The molecular formula is C28H31NO2. The first-order valence-electron chi connectivity index (χ1n) is 11.4. The summed E-state index contributed by atoms with van der Waals surface area (Å²) in [6.07, 6.45) is 4.88. The van der Waals surface area contributed by atoms with E-state index in [2.05, 4.69) is 66.9 Å². The highest BCUT2D eigenvalue weighted by Crippen LogP contribution is 2.33. The van der Waals surface area contributed by atoms with E-state index in [1.807, 2.05) is 18.2 Å². The number of unbranched alkanes of at least 4 members (excludes halogenated alkanes) is 1. The molecule has 4 rings (SSSR count). The largest absolute Gasteiger partial charge is 0.493 e. The van der Waals surface area contributed by atoms with Gasteiger partial charge < -0.3 is 9.30 Å². The second-order valence-electron chi connectivity index (χ2n) is 8.36. The normalized spacial score (nSPS) is 12.4. The molecule has 0 aliphatic carbocycles. The van der Waals surface area contributed by atoms with Crippen LogP contribution in [0.25, 0.3) is 27.5 Å². The van der Waals surface area contributed by atoms with Crippen LogP contribution in [-0.2, 0) is 0 Å². The van der Waals surface area contributed by atoms with Gasteiger partial charge in [-0.25, -0.2) is 0 Å². The smallest absolute Gasteiger partial charge is 0.159 e. The lowest BCUT2D eigenvalue weighted by Gasteiger charge is -2.16. The summed E-state index contributed by atoms with van der Waals surface area (Å²) in [6, 6.07) is 22.7. The SMILES string of the molecule is CCCCC(CC)COc1ccc(-n2c3ccccc3c3cc(C(C)=O)ccc32)cc1. The highest BCUT2D eigenvalue weighted by atomic mass is 16.5. The van der Waals surface area contributed by atoms with Gasteiger partial charge in [-0.1, -0.05) is 51.3 Å². The number of rotatable bonds is 9. The summed E-state index contributed by atoms with van der Waals surface area (Å²) < 4.78 is 8.36. The summed E-state index contributed by atoms with van der Waals surface area (Å²) in [7, 11) is 0. The minimum absolute atomic E-state index is 0.0875. The van der Waals surface area contributed by atoms with E-state index in [1.54, 1.807) is 6.92 Å². The number of carbonyl (C=O) groups is 1. The fraction of sp³-hybridized carbons (Fsp3) is 0.321. The van der Waals surface area contributed by atoms with Crippen LogP contribution in [0.15, 0.2) is 66.7 Å². The molecule has 1 heterocycles. The summed E-state index contributed by atoms with van der Waals surface area (Å²) in [5.74, 6) is 1.62. The van der Waals surface area contributed by atoms with Crippen molar-refractivity contribution in [3.8, 4) is 11.4 Å². The van der Waals surface area contributed by atoms with Crippen molar-refractivity contribution in [1.82, 2.24) is 4.57 Å². The zero-order chi connectivity index (χ0) is 21.8. The fourth-order valence-electron chi connectivity index (χ4n) is 4.27.